The quantitative estimate of drug-likeness (QED) is 0.192. The number of fused-ring (bicyclic) bond motifs is 5. The van der Waals surface area contributed by atoms with Crippen LogP contribution in [0.15, 0.2) is 59.7 Å². The SMILES string of the molecule is COc1cc(/C=C/C(=O)OC2CCC3(C)C(=CC=C4C3CCC3(C)C4CCC3[C@H](C)/C=C/[C@H](C)C(C)C)C2)ccc1O. The first-order valence-electron chi connectivity index (χ1n) is 16.3. The molecule has 0 spiro atoms. The molecule has 4 nitrogen and oxygen atoms in total. The van der Waals surface area contributed by atoms with Crippen LogP contribution in [0.2, 0.25) is 0 Å². The summed E-state index contributed by atoms with van der Waals surface area (Å²) in [6, 6.07) is 5.01. The van der Waals surface area contributed by atoms with E-state index in [2.05, 4.69) is 65.8 Å². The number of hydrogen-bond donors (Lipinski definition) is 1. The zero-order valence-electron chi connectivity index (χ0n) is 26.9. The molecular weight excluding hydrogens is 520 g/mol. The van der Waals surface area contributed by atoms with E-state index in [0.29, 0.717) is 40.8 Å². The number of ether oxygens (including phenoxy) is 2. The number of esters is 1. The highest BCUT2D eigenvalue weighted by molar-refractivity contribution is 5.87. The Bertz CT molecular complexity index is 1280. The molecular formula is C38H52O4. The van der Waals surface area contributed by atoms with Gasteiger partial charge in [-0.25, -0.2) is 4.79 Å². The van der Waals surface area contributed by atoms with E-state index in [4.69, 9.17) is 9.47 Å². The summed E-state index contributed by atoms with van der Waals surface area (Å²) >= 11 is 0. The Morgan fingerprint density at radius 2 is 1.79 bits per heavy atom. The minimum absolute atomic E-state index is 0.0780. The molecule has 1 aromatic carbocycles. The lowest BCUT2D eigenvalue weighted by Crippen LogP contribution is -2.46. The van der Waals surface area contributed by atoms with Gasteiger partial charge in [-0.05, 0) is 109 Å². The monoisotopic (exact) mass is 572 g/mol. The zero-order chi connectivity index (χ0) is 30.2. The number of hydrogen-bond acceptors (Lipinski definition) is 4. The Kier molecular flexibility index (Phi) is 8.84. The normalized spacial score (nSPS) is 33.9. The first kappa shape index (κ1) is 30.7. The number of phenols is 1. The van der Waals surface area contributed by atoms with Gasteiger partial charge in [-0.3, -0.25) is 0 Å². The molecule has 0 saturated heterocycles. The molecule has 42 heavy (non-hydrogen) atoms. The number of allylic oxidation sites excluding steroid dienone is 5. The number of rotatable bonds is 8. The van der Waals surface area contributed by atoms with Crippen molar-refractivity contribution in [1.82, 2.24) is 0 Å². The van der Waals surface area contributed by atoms with Gasteiger partial charge < -0.3 is 14.6 Å². The fourth-order valence-corrected chi connectivity index (χ4v) is 8.85. The Balaban J connectivity index is 1.25. The van der Waals surface area contributed by atoms with Crippen molar-refractivity contribution in [3.63, 3.8) is 0 Å². The second-order valence-electron chi connectivity index (χ2n) is 14.5. The molecule has 0 radical (unpaired) electrons. The lowest BCUT2D eigenvalue weighted by atomic mass is 9.50. The fourth-order valence-electron chi connectivity index (χ4n) is 8.85. The maximum Gasteiger partial charge on any atom is 0.331 e. The third kappa shape index (κ3) is 5.75. The van der Waals surface area contributed by atoms with E-state index < -0.39 is 0 Å². The van der Waals surface area contributed by atoms with E-state index in [-0.39, 0.29) is 23.2 Å². The third-order valence-electron chi connectivity index (χ3n) is 11.9. The van der Waals surface area contributed by atoms with Gasteiger partial charge in [0.2, 0.25) is 0 Å². The van der Waals surface area contributed by atoms with Crippen LogP contribution in [0.3, 0.4) is 0 Å². The predicted molar refractivity (Wildman–Crippen MR) is 171 cm³/mol. The maximum absolute atomic E-state index is 12.7. The summed E-state index contributed by atoms with van der Waals surface area (Å²) in [7, 11) is 1.51. The average Bonchev–Trinajstić information content (AvgIpc) is 3.32. The first-order chi connectivity index (χ1) is 20.0. The van der Waals surface area contributed by atoms with E-state index in [0.717, 1.165) is 30.7 Å². The third-order valence-corrected chi connectivity index (χ3v) is 11.9. The summed E-state index contributed by atoms with van der Waals surface area (Å²) in [5.41, 5.74) is 4.51. The molecule has 4 aliphatic carbocycles. The predicted octanol–water partition coefficient (Wildman–Crippen LogP) is 9.31. The standard InChI is InChI=1S/C38H52O4/c1-24(2)25(3)8-9-26(4)31-14-15-32-30-13-12-28-23-29(18-20-37(28,5)33(30)19-21-38(31,32)6)42-36(40)17-11-27-10-16-34(39)35(22-27)41-7/h8-13,16-17,22,24-26,29,31-33,39H,14-15,18-21,23H2,1-7H3/b9-8+,17-11+/t25-,26+,29?,31?,32?,33?,37?,38?/m0/s1. The second kappa shape index (κ2) is 12.1. The average molecular weight is 573 g/mol. The minimum atomic E-state index is -0.320. The molecule has 8 atom stereocenters. The van der Waals surface area contributed by atoms with Gasteiger partial charge in [0.25, 0.3) is 0 Å². The van der Waals surface area contributed by atoms with E-state index in [1.54, 1.807) is 29.8 Å². The zero-order valence-corrected chi connectivity index (χ0v) is 26.9. The van der Waals surface area contributed by atoms with E-state index in [1.165, 1.54) is 44.4 Å². The molecule has 1 N–H and O–H groups in total. The Labute approximate surface area is 254 Å². The maximum atomic E-state index is 12.7. The minimum Gasteiger partial charge on any atom is -0.504 e. The van der Waals surface area contributed by atoms with Crippen LogP contribution in [-0.2, 0) is 9.53 Å². The van der Waals surface area contributed by atoms with E-state index in [1.807, 2.05) is 0 Å². The number of aromatic hydroxyl groups is 1. The lowest BCUT2D eigenvalue weighted by Gasteiger charge is -2.55. The van der Waals surface area contributed by atoms with Gasteiger partial charge in [0.05, 0.1) is 7.11 Å². The van der Waals surface area contributed by atoms with Gasteiger partial charge in [0.1, 0.15) is 6.10 Å². The molecule has 0 amide bonds. The van der Waals surface area contributed by atoms with Crippen LogP contribution in [0.25, 0.3) is 6.08 Å². The second-order valence-corrected chi connectivity index (χ2v) is 14.5. The summed E-state index contributed by atoms with van der Waals surface area (Å²) in [5.74, 6) is 4.14. The van der Waals surface area contributed by atoms with Gasteiger partial charge in [-0.1, -0.05) is 83.1 Å². The molecule has 0 aliphatic heterocycles. The van der Waals surface area contributed by atoms with Crippen LogP contribution in [0.4, 0.5) is 0 Å². The van der Waals surface area contributed by atoms with Crippen molar-refractivity contribution in [2.75, 3.05) is 7.11 Å². The fraction of sp³-hybridized carbons (Fsp3) is 0.605. The summed E-state index contributed by atoms with van der Waals surface area (Å²) in [6.45, 7) is 14.5. The molecule has 228 valence electrons. The van der Waals surface area contributed by atoms with Crippen LogP contribution in [-0.4, -0.2) is 24.3 Å². The van der Waals surface area contributed by atoms with Crippen molar-refractivity contribution >= 4 is 12.0 Å². The summed E-state index contributed by atoms with van der Waals surface area (Å²) in [6.07, 6.45) is 21.0. The molecule has 3 saturated carbocycles. The summed E-state index contributed by atoms with van der Waals surface area (Å²) in [5, 5.41) is 9.81. The van der Waals surface area contributed by atoms with Crippen molar-refractivity contribution in [2.45, 2.75) is 92.6 Å². The van der Waals surface area contributed by atoms with Gasteiger partial charge in [0.15, 0.2) is 11.5 Å². The molecule has 0 bridgehead atoms. The Hall–Kier alpha value is -2.75. The van der Waals surface area contributed by atoms with Crippen molar-refractivity contribution in [1.29, 1.82) is 0 Å². The van der Waals surface area contributed by atoms with Crippen LogP contribution in [0, 0.1) is 46.3 Å². The van der Waals surface area contributed by atoms with Crippen LogP contribution >= 0.6 is 0 Å². The van der Waals surface area contributed by atoms with Gasteiger partial charge in [0, 0.05) is 12.5 Å². The molecule has 4 heteroatoms. The molecule has 0 aromatic heterocycles. The van der Waals surface area contributed by atoms with Gasteiger partial charge >= 0.3 is 5.97 Å². The van der Waals surface area contributed by atoms with Crippen molar-refractivity contribution < 1.29 is 19.4 Å². The highest BCUT2D eigenvalue weighted by Gasteiger charge is 2.57. The number of phenolic OH excluding ortho intramolecular Hbond substituents is 1. The number of carbonyl (C=O) groups excluding carboxylic acids is 1. The van der Waals surface area contributed by atoms with Crippen molar-refractivity contribution in [3.8, 4) is 11.5 Å². The van der Waals surface area contributed by atoms with Crippen molar-refractivity contribution in [3.05, 3.63) is 65.3 Å². The summed E-state index contributed by atoms with van der Waals surface area (Å²) in [4.78, 5) is 12.7. The lowest BCUT2D eigenvalue weighted by molar-refractivity contribution is -0.144. The van der Waals surface area contributed by atoms with Crippen LogP contribution in [0.1, 0.15) is 92.1 Å². The number of carbonyl (C=O) groups is 1. The van der Waals surface area contributed by atoms with Crippen LogP contribution in [0.5, 0.6) is 11.5 Å². The highest BCUT2D eigenvalue weighted by atomic mass is 16.5. The molecule has 6 unspecified atom stereocenters. The Morgan fingerprint density at radius 3 is 2.52 bits per heavy atom. The topological polar surface area (TPSA) is 55.8 Å². The van der Waals surface area contributed by atoms with E-state index in [9.17, 15) is 9.90 Å². The summed E-state index contributed by atoms with van der Waals surface area (Å²) < 4.78 is 11.1. The van der Waals surface area contributed by atoms with Gasteiger partial charge in [-0.2, -0.15) is 0 Å². The number of benzene rings is 1. The van der Waals surface area contributed by atoms with Crippen LogP contribution < -0.4 is 4.74 Å². The van der Waals surface area contributed by atoms with Crippen molar-refractivity contribution in [2.24, 2.45) is 46.3 Å². The van der Waals surface area contributed by atoms with E-state index >= 15 is 0 Å². The molecule has 4 aliphatic rings. The largest absolute Gasteiger partial charge is 0.504 e. The number of methoxy groups -OCH3 is 1. The Morgan fingerprint density at radius 1 is 1.00 bits per heavy atom. The molecule has 3 fully saturated rings. The highest BCUT2D eigenvalue weighted by Crippen LogP contribution is 2.66. The van der Waals surface area contributed by atoms with Gasteiger partial charge in [-0.15, -0.1) is 0 Å². The smallest absolute Gasteiger partial charge is 0.331 e. The molecule has 5 rings (SSSR count). The first-order valence-corrected chi connectivity index (χ1v) is 16.3. The molecule has 1 aromatic rings. The molecule has 0 heterocycles.